The third kappa shape index (κ3) is 1.78. The molecule has 2 fully saturated rings. The minimum Gasteiger partial charge on any atom is -0.377 e. The molecule has 2 rings (SSSR count). The second-order valence-corrected chi connectivity index (χ2v) is 4.60. The Hall–Kier alpha value is -0.560. The van der Waals surface area contributed by atoms with Gasteiger partial charge in [-0.2, -0.15) is 0 Å². The highest BCUT2D eigenvalue weighted by Crippen LogP contribution is 2.51. The smallest absolute Gasteiger partial charge is 0.0644 e. The molecule has 2 bridgehead atoms. The lowest BCUT2D eigenvalue weighted by molar-refractivity contribution is 0.108. The van der Waals surface area contributed by atoms with Crippen LogP contribution < -0.4 is 0 Å². The Labute approximate surface area is 86.8 Å². The van der Waals surface area contributed by atoms with Crippen molar-refractivity contribution in [1.29, 1.82) is 0 Å². The number of hydrogen-bond donors (Lipinski definition) is 0. The molecular formula is C13H20O. The molecule has 2 aliphatic carbocycles. The summed E-state index contributed by atoms with van der Waals surface area (Å²) < 4.78 is 5.57. The summed E-state index contributed by atoms with van der Waals surface area (Å²) in [4.78, 5) is 0. The molecule has 0 aromatic heterocycles. The van der Waals surface area contributed by atoms with E-state index in [2.05, 4.69) is 19.6 Å². The molecular weight excluding hydrogens is 172 g/mol. The van der Waals surface area contributed by atoms with Gasteiger partial charge in [-0.1, -0.05) is 17.7 Å². The van der Waals surface area contributed by atoms with Crippen LogP contribution in [-0.4, -0.2) is 13.2 Å². The molecule has 0 amide bonds. The fourth-order valence-electron chi connectivity index (χ4n) is 3.16. The van der Waals surface area contributed by atoms with E-state index in [0.717, 1.165) is 24.4 Å². The standard InChI is InChI=1S/C13H20O/c1-3-5-14-9-12-7-10-6-11(4-2)13(12)8-10/h3-4,10,12-13H,1,5-9H2,2H3/b11-4+. The van der Waals surface area contributed by atoms with Crippen molar-refractivity contribution in [2.45, 2.75) is 26.2 Å². The molecule has 3 unspecified atom stereocenters. The van der Waals surface area contributed by atoms with Crippen LogP contribution in [0.4, 0.5) is 0 Å². The minimum absolute atomic E-state index is 0.707. The normalized spacial score (nSPS) is 38.1. The van der Waals surface area contributed by atoms with Crippen LogP contribution in [0.2, 0.25) is 0 Å². The zero-order chi connectivity index (χ0) is 9.97. The van der Waals surface area contributed by atoms with E-state index < -0.39 is 0 Å². The van der Waals surface area contributed by atoms with Gasteiger partial charge in [0, 0.05) is 0 Å². The zero-order valence-electron chi connectivity index (χ0n) is 9.04. The molecule has 78 valence electrons. The molecule has 0 aromatic carbocycles. The van der Waals surface area contributed by atoms with Crippen LogP contribution >= 0.6 is 0 Å². The van der Waals surface area contributed by atoms with Gasteiger partial charge in [0.2, 0.25) is 0 Å². The molecule has 0 spiro atoms. The largest absolute Gasteiger partial charge is 0.377 e. The summed E-state index contributed by atoms with van der Waals surface area (Å²) in [5.74, 6) is 2.60. The van der Waals surface area contributed by atoms with Crippen LogP contribution in [0.1, 0.15) is 26.2 Å². The predicted molar refractivity (Wildman–Crippen MR) is 59.1 cm³/mol. The van der Waals surface area contributed by atoms with Gasteiger partial charge < -0.3 is 4.74 Å². The van der Waals surface area contributed by atoms with Crippen molar-refractivity contribution < 1.29 is 4.74 Å². The molecule has 0 radical (unpaired) electrons. The Kier molecular flexibility index (Phi) is 3.07. The molecule has 0 heterocycles. The summed E-state index contributed by atoms with van der Waals surface area (Å²) in [6.07, 6.45) is 8.33. The average molecular weight is 192 g/mol. The molecule has 1 nitrogen and oxygen atoms in total. The van der Waals surface area contributed by atoms with Crippen molar-refractivity contribution in [2.24, 2.45) is 17.8 Å². The first-order valence-electron chi connectivity index (χ1n) is 5.68. The fraction of sp³-hybridized carbons (Fsp3) is 0.692. The van der Waals surface area contributed by atoms with Crippen molar-refractivity contribution >= 4 is 0 Å². The van der Waals surface area contributed by atoms with Crippen molar-refractivity contribution in [2.75, 3.05) is 13.2 Å². The maximum Gasteiger partial charge on any atom is 0.0644 e. The first-order chi connectivity index (χ1) is 6.85. The lowest BCUT2D eigenvalue weighted by Gasteiger charge is -2.23. The monoisotopic (exact) mass is 192 g/mol. The van der Waals surface area contributed by atoms with Gasteiger partial charge in [-0.25, -0.2) is 0 Å². The van der Waals surface area contributed by atoms with E-state index in [1.54, 1.807) is 5.57 Å². The van der Waals surface area contributed by atoms with Gasteiger partial charge in [0.1, 0.15) is 0 Å². The molecule has 1 heteroatoms. The summed E-state index contributed by atoms with van der Waals surface area (Å²) in [6, 6.07) is 0. The van der Waals surface area contributed by atoms with E-state index in [9.17, 15) is 0 Å². The summed E-state index contributed by atoms with van der Waals surface area (Å²) >= 11 is 0. The second kappa shape index (κ2) is 4.31. The molecule has 3 atom stereocenters. The lowest BCUT2D eigenvalue weighted by Crippen LogP contribution is -2.18. The Morgan fingerprint density at radius 1 is 1.50 bits per heavy atom. The van der Waals surface area contributed by atoms with Crippen LogP contribution in [0.15, 0.2) is 24.3 Å². The molecule has 2 aliphatic rings. The SMILES string of the molecule is C=CCOCC1CC2C/C(=C\C)C1C2. The Morgan fingerprint density at radius 3 is 3.00 bits per heavy atom. The van der Waals surface area contributed by atoms with Gasteiger partial charge in [0.15, 0.2) is 0 Å². The summed E-state index contributed by atoms with van der Waals surface area (Å²) in [5, 5.41) is 0. The summed E-state index contributed by atoms with van der Waals surface area (Å²) in [5.41, 5.74) is 1.69. The third-order valence-corrected chi connectivity index (χ3v) is 3.73. The zero-order valence-corrected chi connectivity index (χ0v) is 9.04. The van der Waals surface area contributed by atoms with Crippen LogP contribution in [0, 0.1) is 17.8 Å². The highest BCUT2D eigenvalue weighted by atomic mass is 16.5. The maximum atomic E-state index is 5.57. The Balaban J connectivity index is 1.87. The highest BCUT2D eigenvalue weighted by molar-refractivity contribution is 5.18. The Morgan fingerprint density at radius 2 is 2.36 bits per heavy atom. The number of allylic oxidation sites excluding steroid dienone is 2. The fourth-order valence-corrected chi connectivity index (χ4v) is 3.16. The van der Waals surface area contributed by atoms with Crippen LogP contribution in [-0.2, 0) is 4.74 Å². The van der Waals surface area contributed by atoms with E-state index in [1.165, 1.54) is 19.3 Å². The van der Waals surface area contributed by atoms with Gasteiger partial charge in [0.25, 0.3) is 0 Å². The molecule has 2 saturated carbocycles. The minimum atomic E-state index is 0.707. The summed E-state index contributed by atoms with van der Waals surface area (Å²) in [6.45, 7) is 7.49. The van der Waals surface area contributed by atoms with Gasteiger partial charge in [-0.05, 0) is 43.9 Å². The first kappa shape index (κ1) is 9.97. The molecule has 0 N–H and O–H groups in total. The quantitative estimate of drug-likeness (QED) is 0.491. The topological polar surface area (TPSA) is 9.23 Å². The lowest BCUT2D eigenvalue weighted by atomic mass is 9.85. The number of hydrogen-bond acceptors (Lipinski definition) is 1. The van der Waals surface area contributed by atoms with Crippen LogP contribution in [0.3, 0.4) is 0 Å². The Bertz CT molecular complexity index is 242. The van der Waals surface area contributed by atoms with E-state index >= 15 is 0 Å². The van der Waals surface area contributed by atoms with Gasteiger partial charge in [-0.15, -0.1) is 6.58 Å². The summed E-state index contributed by atoms with van der Waals surface area (Å²) in [7, 11) is 0. The average Bonchev–Trinajstić information content (AvgIpc) is 2.76. The van der Waals surface area contributed by atoms with Crippen molar-refractivity contribution in [3.63, 3.8) is 0 Å². The van der Waals surface area contributed by atoms with Gasteiger partial charge in [0.05, 0.1) is 13.2 Å². The molecule has 0 saturated heterocycles. The van der Waals surface area contributed by atoms with Gasteiger partial charge >= 0.3 is 0 Å². The van der Waals surface area contributed by atoms with E-state index in [1.807, 2.05) is 6.08 Å². The van der Waals surface area contributed by atoms with Crippen LogP contribution in [0.25, 0.3) is 0 Å². The van der Waals surface area contributed by atoms with Crippen molar-refractivity contribution in [3.8, 4) is 0 Å². The molecule has 14 heavy (non-hydrogen) atoms. The predicted octanol–water partition coefficient (Wildman–Crippen LogP) is 3.18. The third-order valence-electron chi connectivity index (χ3n) is 3.73. The second-order valence-electron chi connectivity index (χ2n) is 4.60. The van der Waals surface area contributed by atoms with Crippen molar-refractivity contribution in [1.82, 2.24) is 0 Å². The molecule has 0 aromatic rings. The van der Waals surface area contributed by atoms with Crippen molar-refractivity contribution in [3.05, 3.63) is 24.3 Å². The highest BCUT2D eigenvalue weighted by Gasteiger charge is 2.42. The first-order valence-corrected chi connectivity index (χ1v) is 5.68. The number of ether oxygens (including phenoxy) is 1. The van der Waals surface area contributed by atoms with Gasteiger partial charge in [-0.3, -0.25) is 0 Å². The van der Waals surface area contributed by atoms with Crippen LogP contribution in [0.5, 0.6) is 0 Å². The maximum absolute atomic E-state index is 5.57. The number of fused-ring (bicyclic) bond motifs is 2. The van der Waals surface area contributed by atoms with E-state index in [4.69, 9.17) is 4.74 Å². The molecule has 0 aliphatic heterocycles. The van der Waals surface area contributed by atoms with E-state index in [-0.39, 0.29) is 0 Å². The van der Waals surface area contributed by atoms with E-state index in [0.29, 0.717) is 6.61 Å². The number of rotatable bonds is 4.